The van der Waals surface area contributed by atoms with E-state index in [1.807, 2.05) is 19.1 Å². The third kappa shape index (κ3) is 5.58. The minimum atomic E-state index is -0.684. The number of anilines is 1. The Morgan fingerprint density at radius 2 is 1.88 bits per heavy atom. The van der Waals surface area contributed by atoms with E-state index in [4.69, 9.17) is 19.3 Å². The van der Waals surface area contributed by atoms with Crippen LogP contribution in [0.4, 0.5) is 14.9 Å². The molecule has 210 valence electrons. The van der Waals surface area contributed by atoms with Gasteiger partial charge in [-0.1, -0.05) is 0 Å². The molecule has 1 saturated carbocycles. The zero-order valence-corrected chi connectivity index (χ0v) is 22.9. The van der Waals surface area contributed by atoms with Gasteiger partial charge >= 0.3 is 6.09 Å². The molecule has 1 fully saturated rings. The topological polar surface area (TPSA) is 141 Å². The van der Waals surface area contributed by atoms with E-state index in [0.717, 1.165) is 15.8 Å². The number of halogens is 1. The first-order valence-electron chi connectivity index (χ1n) is 12.9. The highest BCUT2D eigenvalue weighted by Crippen LogP contribution is 2.38. The maximum absolute atomic E-state index is 15.1. The lowest BCUT2D eigenvalue weighted by molar-refractivity contribution is -0.0431. The predicted octanol–water partition coefficient (Wildman–Crippen LogP) is 4.85. The first kappa shape index (κ1) is 26.7. The van der Waals surface area contributed by atoms with E-state index in [1.165, 1.54) is 36.9 Å². The second-order valence-electron chi connectivity index (χ2n) is 9.53. The van der Waals surface area contributed by atoms with Gasteiger partial charge in [0.05, 0.1) is 59.2 Å². The SMILES string of the molecule is COc1cnc2c(-c3nc4cc(F)c(OC5CCC5OC(=O)Nc5cnc(CCO)nc5)cc4s3)cc(C)cc2n1. The third-order valence-electron chi connectivity index (χ3n) is 6.62. The van der Waals surface area contributed by atoms with Gasteiger partial charge in [0.2, 0.25) is 5.88 Å². The number of ether oxygens (including phenoxy) is 3. The first-order valence-corrected chi connectivity index (χ1v) is 13.7. The highest BCUT2D eigenvalue weighted by Gasteiger charge is 2.37. The molecule has 13 heteroatoms. The number of rotatable bonds is 8. The number of amides is 1. The number of aromatic nitrogens is 5. The van der Waals surface area contributed by atoms with E-state index < -0.39 is 24.1 Å². The van der Waals surface area contributed by atoms with Crippen molar-refractivity contribution < 1.29 is 28.5 Å². The largest absolute Gasteiger partial charge is 0.483 e. The molecule has 2 atom stereocenters. The maximum atomic E-state index is 15.1. The van der Waals surface area contributed by atoms with Crippen LogP contribution in [-0.4, -0.2) is 62.0 Å². The molecule has 2 unspecified atom stereocenters. The molecule has 5 aromatic rings. The van der Waals surface area contributed by atoms with Crippen molar-refractivity contribution in [3.8, 4) is 22.2 Å². The number of hydrogen-bond acceptors (Lipinski definition) is 11. The predicted molar refractivity (Wildman–Crippen MR) is 150 cm³/mol. The van der Waals surface area contributed by atoms with Crippen molar-refractivity contribution >= 4 is 44.4 Å². The van der Waals surface area contributed by atoms with Crippen LogP contribution in [0.5, 0.6) is 11.6 Å². The second kappa shape index (κ2) is 11.2. The Balaban J connectivity index is 1.17. The molecule has 6 rings (SSSR count). The van der Waals surface area contributed by atoms with Crippen molar-refractivity contribution in [2.24, 2.45) is 0 Å². The molecule has 41 heavy (non-hydrogen) atoms. The summed E-state index contributed by atoms with van der Waals surface area (Å²) in [5, 5.41) is 12.2. The van der Waals surface area contributed by atoms with E-state index >= 15 is 4.39 Å². The molecule has 11 nitrogen and oxygen atoms in total. The van der Waals surface area contributed by atoms with Crippen LogP contribution in [-0.2, 0) is 11.2 Å². The standard InChI is InChI=1S/C28H25FN6O5S/c1-14-7-16(26-19(8-14)34-25(38-2)13-32-26)27-35-18-9-17(29)22(10-23(18)41-27)39-20-3-4-21(20)40-28(37)33-15-11-30-24(5-6-36)31-12-15/h7-13,20-21,36H,3-6H2,1-2H3,(H,33,37). The molecule has 1 aliphatic carbocycles. The zero-order valence-electron chi connectivity index (χ0n) is 22.1. The van der Waals surface area contributed by atoms with Crippen molar-refractivity contribution in [1.82, 2.24) is 24.9 Å². The fraction of sp³-hybridized carbons (Fsp3) is 0.286. The number of aliphatic hydroxyl groups excluding tert-OH is 1. The summed E-state index contributed by atoms with van der Waals surface area (Å²) in [6.45, 7) is 1.90. The van der Waals surface area contributed by atoms with Crippen molar-refractivity contribution in [3.63, 3.8) is 0 Å². The van der Waals surface area contributed by atoms with Crippen LogP contribution in [0, 0.1) is 12.7 Å². The number of nitrogens with one attached hydrogen (secondary N) is 1. The molecule has 0 saturated heterocycles. The van der Waals surface area contributed by atoms with Crippen LogP contribution in [0.3, 0.4) is 0 Å². The van der Waals surface area contributed by atoms with Crippen LogP contribution in [0.2, 0.25) is 0 Å². The quantitative estimate of drug-likeness (QED) is 0.263. The molecular weight excluding hydrogens is 551 g/mol. The van der Waals surface area contributed by atoms with Crippen molar-refractivity contribution in [2.45, 2.75) is 38.4 Å². The van der Waals surface area contributed by atoms with Gasteiger partial charge in [-0.25, -0.2) is 34.1 Å². The Hall–Kier alpha value is -4.49. The monoisotopic (exact) mass is 576 g/mol. The van der Waals surface area contributed by atoms with Crippen LogP contribution in [0.25, 0.3) is 31.8 Å². The summed E-state index contributed by atoms with van der Waals surface area (Å²) in [6, 6.07) is 6.87. The average Bonchev–Trinajstić information content (AvgIpc) is 3.36. The summed E-state index contributed by atoms with van der Waals surface area (Å²) in [5.74, 6) is 0.397. The Morgan fingerprint density at radius 3 is 2.61 bits per heavy atom. The summed E-state index contributed by atoms with van der Waals surface area (Å²) in [4.78, 5) is 34.2. The summed E-state index contributed by atoms with van der Waals surface area (Å²) >= 11 is 1.40. The van der Waals surface area contributed by atoms with Crippen LogP contribution < -0.4 is 14.8 Å². The fourth-order valence-corrected chi connectivity index (χ4v) is 5.44. The van der Waals surface area contributed by atoms with Gasteiger partial charge < -0.3 is 19.3 Å². The molecule has 0 radical (unpaired) electrons. The summed E-state index contributed by atoms with van der Waals surface area (Å²) in [5.41, 5.74) is 3.99. The van der Waals surface area contributed by atoms with Gasteiger partial charge in [0.25, 0.3) is 0 Å². The second-order valence-corrected chi connectivity index (χ2v) is 10.6. The van der Waals surface area contributed by atoms with Crippen LogP contribution in [0.15, 0.2) is 42.9 Å². The molecule has 0 spiro atoms. The zero-order chi connectivity index (χ0) is 28.5. The minimum Gasteiger partial charge on any atom is -0.483 e. The van der Waals surface area contributed by atoms with E-state index in [9.17, 15) is 4.79 Å². The number of aliphatic hydroxyl groups is 1. The minimum absolute atomic E-state index is 0.0648. The van der Waals surface area contributed by atoms with Gasteiger partial charge in [0.1, 0.15) is 23.0 Å². The molecule has 3 heterocycles. The van der Waals surface area contributed by atoms with E-state index in [-0.39, 0.29) is 12.4 Å². The van der Waals surface area contributed by atoms with Crippen molar-refractivity contribution in [2.75, 3.05) is 19.0 Å². The highest BCUT2D eigenvalue weighted by molar-refractivity contribution is 7.21. The molecule has 2 N–H and O–H groups in total. The van der Waals surface area contributed by atoms with Crippen LogP contribution in [0.1, 0.15) is 24.2 Å². The van der Waals surface area contributed by atoms with Gasteiger partial charge in [0.15, 0.2) is 11.6 Å². The Morgan fingerprint density at radius 1 is 1.07 bits per heavy atom. The van der Waals surface area contributed by atoms with Gasteiger partial charge in [-0.15, -0.1) is 11.3 Å². The summed E-state index contributed by atoms with van der Waals surface area (Å²) in [6.07, 6.45) is 4.24. The van der Waals surface area contributed by atoms with Crippen molar-refractivity contribution in [1.29, 1.82) is 0 Å². The smallest absolute Gasteiger partial charge is 0.412 e. The number of hydrogen-bond donors (Lipinski definition) is 2. The lowest BCUT2D eigenvalue weighted by Gasteiger charge is -2.35. The Labute approximate surface area is 237 Å². The highest BCUT2D eigenvalue weighted by atomic mass is 32.1. The van der Waals surface area contributed by atoms with Crippen LogP contribution >= 0.6 is 11.3 Å². The number of aryl methyl sites for hydroxylation is 1. The lowest BCUT2D eigenvalue weighted by Crippen LogP contribution is -2.45. The molecule has 1 amide bonds. The van der Waals surface area contributed by atoms with Crippen molar-refractivity contribution in [3.05, 3.63) is 60.1 Å². The number of fused-ring (bicyclic) bond motifs is 2. The number of methoxy groups -OCH3 is 1. The Bertz CT molecular complexity index is 1750. The molecular formula is C28H25FN6O5S. The normalized spacial score (nSPS) is 16.4. The molecule has 0 aliphatic heterocycles. The molecule has 0 bridgehead atoms. The average molecular weight is 577 g/mol. The number of benzene rings is 2. The van der Waals surface area contributed by atoms with E-state index in [0.29, 0.717) is 58.2 Å². The number of thiazole rings is 1. The molecule has 2 aromatic carbocycles. The van der Waals surface area contributed by atoms with E-state index in [1.54, 1.807) is 12.3 Å². The first-order chi connectivity index (χ1) is 19.9. The molecule has 3 aromatic heterocycles. The van der Waals surface area contributed by atoms with E-state index in [2.05, 4.69) is 30.2 Å². The number of carbonyl (C=O) groups is 1. The maximum Gasteiger partial charge on any atom is 0.412 e. The molecule has 1 aliphatic rings. The van der Waals surface area contributed by atoms with Gasteiger partial charge in [0, 0.05) is 24.1 Å². The fourth-order valence-electron chi connectivity index (χ4n) is 4.45. The summed E-state index contributed by atoms with van der Waals surface area (Å²) in [7, 11) is 1.54. The lowest BCUT2D eigenvalue weighted by atomic mass is 9.92. The third-order valence-corrected chi connectivity index (χ3v) is 7.68. The summed E-state index contributed by atoms with van der Waals surface area (Å²) < 4.78 is 32.4. The number of carbonyl (C=O) groups excluding carboxylic acids is 1. The van der Waals surface area contributed by atoms with Gasteiger partial charge in [-0.3, -0.25) is 5.32 Å². The van der Waals surface area contributed by atoms with Gasteiger partial charge in [-0.05, 0) is 37.5 Å². The Kier molecular flexibility index (Phi) is 7.28. The van der Waals surface area contributed by atoms with Gasteiger partial charge in [-0.2, -0.15) is 0 Å². The number of nitrogens with zero attached hydrogens (tertiary/aromatic N) is 5.